The molecule has 0 atom stereocenters. The molecule has 0 spiro atoms. The minimum absolute atomic E-state index is 0.252. The first-order valence-corrected chi connectivity index (χ1v) is 7.45. The monoisotopic (exact) mass is 268 g/mol. The summed E-state index contributed by atoms with van der Waals surface area (Å²) >= 11 is 1.02. The highest BCUT2D eigenvalue weighted by atomic mass is 32.2. The molecular weight excluding hydrogens is 256 g/mol. The smallest absolute Gasteiger partial charge is 0.206 e. The number of rotatable bonds is 2. The molecule has 0 aliphatic carbocycles. The third-order valence-corrected chi connectivity index (χ3v) is 6.01. The first kappa shape index (κ1) is 12.3. The second kappa shape index (κ2) is 4.61. The largest absolute Gasteiger partial charge is 0.252 e. The molecule has 0 amide bonds. The van der Waals surface area contributed by atoms with Crippen molar-refractivity contribution in [2.45, 2.75) is 17.6 Å². The molecule has 0 N–H and O–H groups in total. The normalized spacial score (nSPS) is 17.5. The van der Waals surface area contributed by atoms with Gasteiger partial charge in [-0.3, -0.25) is 0 Å². The Morgan fingerprint density at radius 2 is 2.24 bits per heavy atom. The molecule has 1 aromatic heterocycles. The van der Waals surface area contributed by atoms with Crippen molar-refractivity contribution in [1.29, 1.82) is 5.26 Å². The van der Waals surface area contributed by atoms with E-state index < -0.39 is 10.0 Å². The lowest BCUT2D eigenvalue weighted by Crippen LogP contribution is -2.34. The standard InChI is InChI=1S/C11H12N2O2S2/c1-9-4-6-13(7-5-9)17(14,15)11-3-2-10(8-12)16-11/h2-4H,5-7H2,1H3. The van der Waals surface area contributed by atoms with Crippen LogP contribution in [0, 0.1) is 11.3 Å². The van der Waals surface area contributed by atoms with Crippen LogP contribution in [0.25, 0.3) is 0 Å². The van der Waals surface area contributed by atoms with Crippen LogP contribution < -0.4 is 0 Å². The summed E-state index contributed by atoms with van der Waals surface area (Å²) in [5.41, 5.74) is 1.22. The average Bonchev–Trinajstić information content (AvgIpc) is 2.78. The second-order valence-electron chi connectivity index (χ2n) is 3.89. The van der Waals surface area contributed by atoms with Gasteiger partial charge in [-0.1, -0.05) is 11.6 Å². The quantitative estimate of drug-likeness (QED) is 0.770. The van der Waals surface area contributed by atoms with Gasteiger partial charge in [0.25, 0.3) is 10.0 Å². The van der Waals surface area contributed by atoms with Crippen molar-refractivity contribution in [2.75, 3.05) is 13.1 Å². The van der Waals surface area contributed by atoms with E-state index in [4.69, 9.17) is 5.26 Å². The molecule has 4 nitrogen and oxygen atoms in total. The summed E-state index contributed by atoms with van der Waals surface area (Å²) in [6, 6.07) is 5.00. The van der Waals surface area contributed by atoms with Gasteiger partial charge in [-0.05, 0) is 25.5 Å². The van der Waals surface area contributed by atoms with Crippen LogP contribution in [-0.2, 0) is 10.0 Å². The Labute approximate surface area is 105 Å². The van der Waals surface area contributed by atoms with Crippen LogP contribution in [0.2, 0.25) is 0 Å². The van der Waals surface area contributed by atoms with E-state index >= 15 is 0 Å². The van der Waals surface area contributed by atoms with Crippen molar-refractivity contribution < 1.29 is 8.42 Å². The Bertz CT molecular complexity index is 593. The van der Waals surface area contributed by atoms with Gasteiger partial charge in [0, 0.05) is 13.1 Å². The van der Waals surface area contributed by atoms with Crippen molar-refractivity contribution in [3.63, 3.8) is 0 Å². The molecule has 0 radical (unpaired) electrons. The maximum atomic E-state index is 12.2. The Hall–Kier alpha value is -1.16. The van der Waals surface area contributed by atoms with E-state index in [9.17, 15) is 8.42 Å². The fourth-order valence-corrected chi connectivity index (χ4v) is 4.25. The molecule has 2 heterocycles. The van der Waals surface area contributed by atoms with Gasteiger partial charge >= 0.3 is 0 Å². The zero-order chi connectivity index (χ0) is 12.5. The highest BCUT2D eigenvalue weighted by Crippen LogP contribution is 2.26. The molecule has 0 unspecified atom stereocenters. The van der Waals surface area contributed by atoms with Gasteiger partial charge in [0.15, 0.2) is 0 Å². The molecular formula is C11H12N2O2S2. The third-order valence-electron chi connectivity index (χ3n) is 2.68. The Balaban J connectivity index is 2.28. The summed E-state index contributed by atoms with van der Waals surface area (Å²) in [7, 11) is -3.42. The van der Waals surface area contributed by atoms with E-state index in [-0.39, 0.29) is 4.21 Å². The fourth-order valence-electron chi connectivity index (χ4n) is 1.62. The number of nitrogens with zero attached hydrogens (tertiary/aromatic N) is 2. The summed E-state index contributed by atoms with van der Waals surface area (Å²) in [6.45, 7) is 2.95. The summed E-state index contributed by atoms with van der Waals surface area (Å²) in [4.78, 5) is 0.423. The van der Waals surface area contributed by atoms with Gasteiger partial charge in [0.05, 0.1) is 0 Å². The molecule has 0 saturated heterocycles. The molecule has 2 rings (SSSR count). The number of hydrogen-bond acceptors (Lipinski definition) is 4. The molecule has 0 bridgehead atoms. The predicted molar refractivity (Wildman–Crippen MR) is 66.2 cm³/mol. The van der Waals surface area contributed by atoms with E-state index in [0.29, 0.717) is 18.0 Å². The summed E-state index contributed by atoms with van der Waals surface area (Å²) in [5.74, 6) is 0. The van der Waals surface area contributed by atoms with Crippen molar-refractivity contribution in [1.82, 2.24) is 4.31 Å². The molecule has 1 aliphatic rings. The van der Waals surface area contributed by atoms with Gasteiger partial charge in [-0.15, -0.1) is 11.3 Å². The Morgan fingerprint density at radius 1 is 1.47 bits per heavy atom. The first-order valence-electron chi connectivity index (χ1n) is 5.20. The van der Waals surface area contributed by atoms with Crippen molar-refractivity contribution in [2.24, 2.45) is 0 Å². The van der Waals surface area contributed by atoms with Gasteiger partial charge in [0.2, 0.25) is 0 Å². The molecule has 6 heteroatoms. The summed E-state index contributed by atoms with van der Waals surface area (Å²) in [5, 5.41) is 8.70. The van der Waals surface area contributed by atoms with Gasteiger partial charge in [0.1, 0.15) is 15.2 Å². The van der Waals surface area contributed by atoms with E-state index in [2.05, 4.69) is 0 Å². The summed E-state index contributed by atoms with van der Waals surface area (Å²) < 4.78 is 26.1. The number of nitriles is 1. The first-order chi connectivity index (χ1) is 8.04. The topological polar surface area (TPSA) is 61.2 Å². The van der Waals surface area contributed by atoms with E-state index in [1.165, 1.54) is 15.9 Å². The Morgan fingerprint density at radius 3 is 2.76 bits per heavy atom. The van der Waals surface area contributed by atoms with E-state index in [1.54, 1.807) is 6.07 Å². The second-order valence-corrected chi connectivity index (χ2v) is 7.14. The van der Waals surface area contributed by atoms with Crippen LogP contribution in [0.3, 0.4) is 0 Å². The van der Waals surface area contributed by atoms with Crippen molar-refractivity contribution in [3.8, 4) is 6.07 Å². The minimum atomic E-state index is -3.42. The lowest BCUT2D eigenvalue weighted by atomic mass is 10.1. The Kier molecular flexibility index (Phi) is 3.33. The third kappa shape index (κ3) is 2.41. The fraction of sp³-hybridized carbons (Fsp3) is 0.364. The number of thiophene rings is 1. The maximum Gasteiger partial charge on any atom is 0.252 e. The van der Waals surface area contributed by atoms with Crippen LogP contribution in [0.1, 0.15) is 18.2 Å². The molecule has 17 heavy (non-hydrogen) atoms. The van der Waals surface area contributed by atoms with Crippen LogP contribution in [-0.4, -0.2) is 25.8 Å². The van der Waals surface area contributed by atoms with Crippen LogP contribution >= 0.6 is 11.3 Å². The van der Waals surface area contributed by atoms with Gasteiger partial charge < -0.3 is 0 Å². The SMILES string of the molecule is CC1=CCN(S(=O)(=O)c2ccc(C#N)s2)CC1. The maximum absolute atomic E-state index is 12.2. The molecule has 90 valence electrons. The van der Waals surface area contributed by atoms with Crippen LogP contribution in [0.4, 0.5) is 0 Å². The minimum Gasteiger partial charge on any atom is -0.206 e. The number of hydrogen-bond donors (Lipinski definition) is 0. The van der Waals surface area contributed by atoms with Gasteiger partial charge in [-0.2, -0.15) is 9.57 Å². The lowest BCUT2D eigenvalue weighted by Gasteiger charge is -2.23. The zero-order valence-electron chi connectivity index (χ0n) is 9.38. The van der Waals surface area contributed by atoms with E-state index in [0.717, 1.165) is 17.8 Å². The molecule has 1 aliphatic heterocycles. The van der Waals surface area contributed by atoms with Gasteiger partial charge in [-0.25, -0.2) is 8.42 Å². The molecule has 0 fully saturated rings. The predicted octanol–water partition coefficient (Wildman–Crippen LogP) is 1.96. The van der Waals surface area contributed by atoms with Crippen molar-refractivity contribution in [3.05, 3.63) is 28.7 Å². The summed E-state index contributed by atoms with van der Waals surface area (Å²) in [6.07, 6.45) is 2.70. The molecule has 0 saturated carbocycles. The lowest BCUT2D eigenvalue weighted by molar-refractivity contribution is 0.433. The molecule has 0 aromatic carbocycles. The molecule has 1 aromatic rings. The number of sulfonamides is 1. The average molecular weight is 268 g/mol. The van der Waals surface area contributed by atoms with Crippen molar-refractivity contribution >= 4 is 21.4 Å². The zero-order valence-corrected chi connectivity index (χ0v) is 11.0. The van der Waals surface area contributed by atoms with Crippen LogP contribution in [0.5, 0.6) is 0 Å². The highest BCUT2D eigenvalue weighted by molar-refractivity contribution is 7.91. The highest BCUT2D eigenvalue weighted by Gasteiger charge is 2.26. The van der Waals surface area contributed by atoms with Crippen LogP contribution in [0.15, 0.2) is 28.0 Å². The van der Waals surface area contributed by atoms with E-state index in [1.807, 2.05) is 19.1 Å².